The number of hydrogen-bond acceptors (Lipinski definition) is 3. The number of alkyl halides is 1. The van der Waals surface area contributed by atoms with Gasteiger partial charge in [-0.25, -0.2) is 9.18 Å². The van der Waals surface area contributed by atoms with E-state index in [0.717, 1.165) is 6.42 Å². The molecule has 0 aromatic carbocycles. The third-order valence-electron chi connectivity index (χ3n) is 2.69. The first kappa shape index (κ1) is 13.7. The average molecular weight is 247 g/mol. The number of carboxylic acid groups (broad SMARTS) is 1. The van der Waals surface area contributed by atoms with E-state index in [0.29, 0.717) is 19.4 Å². The summed E-state index contributed by atoms with van der Waals surface area (Å²) in [5, 5.41) is 10.8. The number of nitrogens with one attached hydrogen (secondary N) is 1. The fourth-order valence-electron chi connectivity index (χ4n) is 1.72. The quantitative estimate of drug-likeness (QED) is 0.572. The van der Waals surface area contributed by atoms with Crippen LogP contribution in [-0.2, 0) is 4.79 Å². The number of rotatable bonds is 6. The minimum atomic E-state index is -1.24. The van der Waals surface area contributed by atoms with Gasteiger partial charge in [0.05, 0.1) is 13.1 Å². The molecule has 1 heterocycles. The van der Waals surface area contributed by atoms with Crippen molar-refractivity contribution in [2.45, 2.75) is 31.5 Å². The highest BCUT2D eigenvalue weighted by molar-refractivity contribution is 5.85. The second-order valence-corrected chi connectivity index (χ2v) is 4.13. The lowest BCUT2D eigenvalue weighted by Gasteiger charge is -2.36. The molecule has 0 aromatic rings. The summed E-state index contributed by atoms with van der Waals surface area (Å²) in [6, 6.07) is -0.786. The number of carbonyl (C=O) groups is 2. The Hall–Kier alpha value is -1.37. The molecule has 1 aliphatic rings. The molecular weight excluding hydrogens is 229 g/mol. The maximum atomic E-state index is 12.6. The number of likely N-dealkylation sites (tertiary alicyclic amines) is 1. The molecule has 1 aliphatic heterocycles. The number of amides is 2. The summed E-state index contributed by atoms with van der Waals surface area (Å²) in [7, 11) is 0. The summed E-state index contributed by atoms with van der Waals surface area (Å²) < 4.78 is 12.6. The summed E-state index contributed by atoms with van der Waals surface area (Å²) in [6.07, 6.45) is -0.422. The Bertz CT molecular complexity index is 282. The molecule has 0 radical (unpaired) electrons. The van der Waals surface area contributed by atoms with Gasteiger partial charge < -0.3 is 21.1 Å². The van der Waals surface area contributed by atoms with Crippen LogP contribution in [0.3, 0.4) is 0 Å². The second kappa shape index (κ2) is 6.39. The van der Waals surface area contributed by atoms with Gasteiger partial charge in [0.1, 0.15) is 12.2 Å². The van der Waals surface area contributed by atoms with Gasteiger partial charge in [0.25, 0.3) is 0 Å². The molecule has 0 aromatic heterocycles. The monoisotopic (exact) mass is 247 g/mol. The molecular formula is C10H18FN3O3. The summed E-state index contributed by atoms with van der Waals surface area (Å²) in [4.78, 5) is 23.7. The molecule has 0 saturated carbocycles. The molecule has 6 nitrogen and oxygen atoms in total. The zero-order valence-corrected chi connectivity index (χ0v) is 9.56. The van der Waals surface area contributed by atoms with E-state index in [9.17, 15) is 14.0 Å². The molecule has 0 bridgehead atoms. The van der Waals surface area contributed by atoms with Crippen molar-refractivity contribution >= 4 is 12.0 Å². The number of carbonyl (C=O) groups excluding carboxylic acids is 1. The summed E-state index contributed by atoms with van der Waals surface area (Å²) in [6.45, 7) is 0.630. The van der Waals surface area contributed by atoms with Crippen molar-refractivity contribution in [2.75, 3.05) is 19.6 Å². The predicted molar refractivity (Wildman–Crippen MR) is 59.3 cm³/mol. The van der Waals surface area contributed by atoms with Crippen LogP contribution < -0.4 is 11.1 Å². The smallest absolute Gasteiger partial charge is 0.405 e. The highest BCUT2D eigenvalue weighted by Crippen LogP contribution is 2.14. The van der Waals surface area contributed by atoms with Gasteiger partial charge in [-0.05, 0) is 25.8 Å². The number of nitrogens with zero attached hydrogens (tertiary/aromatic N) is 1. The normalized spacial score (nSPS) is 17.4. The van der Waals surface area contributed by atoms with E-state index >= 15 is 0 Å². The van der Waals surface area contributed by atoms with Crippen LogP contribution >= 0.6 is 0 Å². The van der Waals surface area contributed by atoms with Crippen LogP contribution in [0.1, 0.15) is 19.3 Å². The number of unbranched alkanes of at least 4 members (excludes halogenated alkanes) is 1. The first-order valence-corrected chi connectivity index (χ1v) is 5.67. The van der Waals surface area contributed by atoms with Gasteiger partial charge in [0.15, 0.2) is 0 Å². The summed E-state index contributed by atoms with van der Waals surface area (Å²) in [5.41, 5.74) is 5.33. The molecule has 98 valence electrons. The Kier molecular flexibility index (Phi) is 5.14. The number of nitrogens with two attached hydrogens (primary N) is 1. The molecule has 1 rings (SSSR count). The summed E-state index contributed by atoms with van der Waals surface area (Å²) in [5.74, 6) is -0.349. The topological polar surface area (TPSA) is 95.7 Å². The van der Waals surface area contributed by atoms with E-state index in [1.165, 1.54) is 4.90 Å². The Balaban J connectivity index is 2.43. The van der Waals surface area contributed by atoms with Crippen LogP contribution in [0.15, 0.2) is 0 Å². The van der Waals surface area contributed by atoms with Crippen LogP contribution in [-0.4, -0.2) is 53.9 Å². The highest BCUT2D eigenvalue weighted by Gasteiger charge is 2.34. The molecule has 0 aliphatic carbocycles. The van der Waals surface area contributed by atoms with E-state index in [4.69, 9.17) is 10.8 Å². The minimum Gasteiger partial charge on any atom is -0.465 e. The molecule has 2 amide bonds. The molecule has 0 spiro atoms. The van der Waals surface area contributed by atoms with E-state index in [2.05, 4.69) is 5.32 Å². The lowest BCUT2D eigenvalue weighted by Crippen LogP contribution is -2.57. The fourth-order valence-corrected chi connectivity index (χ4v) is 1.72. The van der Waals surface area contributed by atoms with Crippen LogP contribution in [0, 0.1) is 0 Å². The Labute approximate surface area is 99.0 Å². The van der Waals surface area contributed by atoms with Gasteiger partial charge in [0.2, 0.25) is 5.91 Å². The lowest BCUT2D eigenvalue weighted by atomic mass is 10.1. The first-order valence-electron chi connectivity index (χ1n) is 5.67. The number of halogens is 1. The zero-order chi connectivity index (χ0) is 12.8. The first-order chi connectivity index (χ1) is 8.04. The van der Waals surface area contributed by atoms with Gasteiger partial charge >= 0.3 is 6.09 Å². The van der Waals surface area contributed by atoms with Gasteiger partial charge in [-0.3, -0.25) is 4.79 Å². The van der Waals surface area contributed by atoms with Crippen molar-refractivity contribution in [2.24, 2.45) is 5.73 Å². The van der Waals surface area contributed by atoms with Crippen molar-refractivity contribution in [1.29, 1.82) is 0 Å². The Morgan fingerprint density at radius 2 is 2.12 bits per heavy atom. The van der Waals surface area contributed by atoms with Crippen molar-refractivity contribution in [3.63, 3.8) is 0 Å². The molecule has 1 saturated heterocycles. The van der Waals surface area contributed by atoms with Gasteiger partial charge in [-0.15, -0.1) is 0 Å². The van der Waals surface area contributed by atoms with Crippen molar-refractivity contribution < 1.29 is 19.1 Å². The predicted octanol–water partition coefficient (Wildman–Crippen LogP) is -0.0681. The van der Waals surface area contributed by atoms with Crippen molar-refractivity contribution in [3.8, 4) is 0 Å². The molecule has 17 heavy (non-hydrogen) atoms. The van der Waals surface area contributed by atoms with E-state index in [1.807, 2.05) is 0 Å². The molecule has 4 N–H and O–H groups in total. The Morgan fingerprint density at radius 3 is 2.59 bits per heavy atom. The molecule has 0 unspecified atom stereocenters. The van der Waals surface area contributed by atoms with E-state index in [1.54, 1.807) is 0 Å². The average Bonchev–Trinajstić information content (AvgIpc) is 2.22. The van der Waals surface area contributed by atoms with E-state index in [-0.39, 0.29) is 19.0 Å². The molecule has 1 atom stereocenters. The van der Waals surface area contributed by atoms with Crippen molar-refractivity contribution in [3.05, 3.63) is 0 Å². The third-order valence-corrected chi connectivity index (χ3v) is 2.69. The van der Waals surface area contributed by atoms with Crippen LogP contribution in [0.5, 0.6) is 0 Å². The van der Waals surface area contributed by atoms with Crippen LogP contribution in [0.4, 0.5) is 9.18 Å². The van der Waals surface area contributed by atoms with Gasteiger partial charge in [-0.2, -0.15) is 0 Å². The summed E-state index contributed by atoms with van der Waals surface area (Å²) >= 11 is 0. The van der Waals surface area contributed by atoms with Crippen LogP contribution in [0.2, 0.25) is 0 Å². The highest BCUT2D eigenvalue weighted by atomic mass is 19.1. The number of hydrogen-bond donors (Lipinski definition) is 3. The second-order valence-electron chi connectivity index (χ2n) is 4.13. The molecule has 1 fully saturated rings. The fraction of sp³-hybridized carbons (Fsp3) is 0.800. The van der Waals surface area contributed by atoms with E-state index < -0.39 is 18.3 Å². The maximum Gasteiger partial charge on any atom is 0.405 e. The maximum absolute atomic E-state index is 12.6. The van der Waals surface area contributed by atoms with Gasteiger partial charge in [-0.1, -0.05) is 0 Å². The van der Waals surface area contributed by atoms with Crippen molar-refractivity contribution in [1.82, 2.24) is 10.2 Å². The standard InChI is InChI=1S/C10H18FN3O3/c11-7-5-14(6-7)9(15)8(13-10(16)17)3-1-2-4-12/h7-8,13H,1-6,12H2,(H,16,17)/t8-/m0/s1. The van der Waals surface area contributed by atoms with Crippen LogP contribution in [0.25, 0.3) is 0 Å². The largest absolute Gasteiger partial charge is 0.465 e. The molecule has 7 heteroatoms. The minimum absolute atomic E-state index is 0.0630. The van der Waals surface area contributed by atoms with Gasteiger partial charge in [0, 0.05) is 0 Å². The Morgan fingerprint density at radius 1 is 1.47 bits per heavy atom. The zero-order valence-electron chi connectivity index (χ0n) is 9.56. The third kappa shape index (κ3) is 4.18. The lowest BCUT2D eigenvalue weighted by molar-refractivity contribution is -0.140. The SMILES string of the molecule is NCCCC[C@H](NC(=O)O)C(=O)N1CC(F)C1.